The number of thioether (sulfide) groups is 1. The van der Waals surface area contributed by atoms with E-state index in [1.165, 1.54) is 37.1 Å². The SMILES string of the molecule is CC(C)(O/N=C(/C(=O)NC1C(=O)N2C(C(=O)O)=C(C[N+]3(CCNC(=O)c4ccc(O)c(O)c4Cl)CCCC3)CSC12)c1csc(N)n1)C(=O)O. The summed E-state index contributed by atoms with van der Waals surface area (Å²) in [5, 5.41) is 48.8. The molecule has 2 atom stereocenters. The van der Waals surface area contributed by atoms with Crippen LogP contribution < -0.4 is 16.4 Å². The number of anilines is 1. The number of hydrogen-bond acceptors (Lipinski definition) is 13. The van der Waals surface area contributed by atoms with Gasteiger partial charge in [-0.1, -0.05) is 16.8 Å². The first-order valence-electron chi connectivity index (χ1n) is 15.3. The number of amides is 3. The Bertz CT molecular complexity index is 1810. The number of carboxylic acid groups (broad SMARTS) is 2. The smallest absolute Gasteiger partial charge is 0.352 e. The maximum Gasteiger partial charge on any atom is 0.352 e. The summed E-state index contributed by atoms with van der Waals surface area (Å²) in [6, 6.07) is 1.34. The molecule has 20 heteroatoms. The second-order valence-corrected chi connectivity index (χ2v) is 14.8. The maximum atomic E-state index is 13.5. The van der Waals surface area contributed by atoms with Crippen molar-refractivity contribution in [2.45, 2.75) is 43.7 Å². The van der Waals surface area contributed by atoms with Gasteiger partial charge in [-0.05, 0) is 26.0 Å². The molecule has 1 aromatic carbocycles. The number of rotatable bonds is 13. The summed E-state index contributed by atoms with van der Waals surface area (Å²) in [5.41, 5.74) is 3.89. The number of carbonyl (C=O) groups is 5. The number of quaternary nitrogens is 1. The van der Waals surface area contributed by atoms with Crippen LogP contribution in [0.4, 0.5) is 5.13 Å². The highest BCUT2D eigenvalue weighted by atomic mass is 35.5. The van der Waals surface area contributed by atoms with E-state index in [2.05, 4.69) is 20.8 Å². The molecule has 17 nitrogen and oxygen atoms in total. The highest BCUT2D eigenvalue weighted by Gasteiger charge is 2.55. The molecule has 0 bridgehead atoms. The van der Waals surface area contributed by atoms with Gasteiger partial charge >= 0.3 is 11.9 Å². The van der Waals surface area contributed by atoms with Gasteiger partial charge in [0.05, 0.1) is 36.8 Å². The number of benzene rings is 1. The Morgan fingerprint density at radius 1 is 1.20 bits per heavy atom. The minimum absolute atomic E-state index is 0.000322. The zero-order valence-corrected chi connectivity index (χ0v) is 29.2. The Balaban J connectivity index is 1.29. The summed E-state index contributed by atoms with van der Waals surface area (Å²) >= 11 is 8.33. The summed E-state index contributed by atoms with van der Waals surface area (Å²) in [7, 11) is 0. The van der Waals surface area contributed by atoms with Crippen LogP contribution in [0.25, 0.3) is 0 Å². The number of oxime groups is 1. The van der Waals surface area contributed by atoms with Crippen molar-refractivity contribution >= 4 is 75.2 Å². The zero-order valence-electron chi connectivity index (χ0n) is 26.8. The summed E-state index contributed by atoms with van der Waals surface area (Å²) in [5.74, 6) is -5.52. The number of aliphatic carboxylic acids is 2. The van der Waals surface area contributed by atoms with Crippen LogP contribution in [-0.2, 0) is 24.0 Å². The van der Waals surface area contributed by atoms with Crippen LogP contribution in [0.5, 0.6) is 11.5 Å². The van der Waals surface area contributed by atoms with Crippen LogP contribution in [0, 0.1) is 0 Å². The molecule has 3 aliphatic rings. The van der Waals surface area contributed by atoms with Gasteiger partial charge in [-0.15, -0.1) is 23.1 Å². The predicted molar refractivity (Wildman–Crippen MR) is 182 cm³/mol. The normalized spacial score (nSPS) is 20.2. The second-order valence-electron chi connectivity index (χ2n) is 12.5. The lowest BCUT2D eigenvalue weighted by atomic mass is 10.0. The molecular formula is C30H35ClN7O10S2+. The fourth-order valence-electron chi connectivity index (χ4n) is 5.92. The molecule has 4 heterocycles. The first kappa shape index (κ1) is 36.7. The van der Waals surface area contributed by atoms with Crippen molar-refractivity contribution in [3.63, 3.8) is 0 Å². The molecule has 3 aliphatic heterocycles. The van der Waals surface area contributed by atoms with Crippen LogP contribution in [0.2, 0.25) is 5.02 Å². The van der Waals surface area contributed by atoms with E-state index in [0.717, 1.165) is 48.2 Å². The first-order valence-corrected chi connectivity index (χ1v) is 17.6. The molecule has 5 rings (SSSR count). The van der Waals surface area contributed by atoms with Gasteiger partial charge in [0.1, 0.15) is 29.4 Å². The largest absolute Gasteiger partial charge is 0.504 e. The van der Waals surface area contributed by atoms with E-state index in [4.69, 9.17) is 22.2 Å². The van der Waals surface area contributed by atoms with Gasteiger partial charge in [0.15, 0.2) is 22.3 Å². The van der Waals surface area contributed by atoms with E-state index in [0.29, 0.717) is 23.1 Å². The summed E-state index contributed by atoms with van der Waals surface area (Å²) in [6.07, 6.45) is 1.77. The third-order valence-corrected chi connectivity index (χ3v) is 11.0. The number of nitrogens with zero attached hydrogens (tertiary/aromatic N) is 4. The number of halogens is 1. The van der Waals surface area contributed by atoms with Crippen molar-refractivity contribution in [3.8, 4) is 11.5 Å². The number of phenols is 2. The standard InChI is InChI=1S/C30H34ClN7O10S2/c1-30(2,28(46)47)48-36-19(16-13-50-29(32)34-16)24(42)35-20-25(43)37-21(27(44)45)14(12-49-26(20)37)11-38(8-3-4-9-38)10-7-33-23(41)15-5-6-17(39)22(40)18(15)31/h5-6,13,20,26H,3-4,7-12H2,1-2H3,(H7-,32,33,34,35,36,39,40,41,42,44,45,46,47)/p+1. The molecule has 0 spiro atoms. The maximum absolute atomic E-state index is 13.5. The number of carbonyl (C=O) groups excluding carboxylic acids is 3. The second kappa shape index (κ2) is 14.3. The van der Waals surface area contributed by atoms with Crippen LogP contribution in [0.15, 0.2) is 33.9 Å². The number of nitrogens with one attached hydrogen (secondary N) is 2. The summed E-state index contributed by atoms with van der Waals surface area (Å²) < 4.78 is 0.470. The number of nitrogens with two attached hydrogens (primary N) is 1. The highest BCUT2D eigenvalue weighted by molar-refractivity contribution is 8.00. The van der Waals surface area contributed by atoms with Crippen molar-refractivity contribution in [3.05, 3.63) is 45.1 Å². The molecule has 2 fully saturated rings. The van der Waals surface area contributed by atoms with E-state index < -0.39 is 63.9 Å². The number of β-lactam (4-membered cyclic amide) rings is 1. The molecule has 8 N–H and O–H groups in total. The Hall–Kier alpha value is -4.59. The number of aromatic nitrogens is 1. The van der Waals surface area contributed by atoms with Gasteiger partial charge < -0.3 is 46.1 Å². The number of thiazole rings is 1. The van der Waals surface area contributed by atoms with Gasteiger partial charge in [0.2, 0.25) is 5.60 Å². The van der Waals surface area contributed by atoms with Crippen LogP contribution >= 0.6 is 34.7 Å². The Morgan fingerprint density at radius 3 is 2.52 bits per heavy atom. The van der Waals surface area contributed by atoms with E-state index in [9.17, 15) is 44.4 Å². The van der Waals surface area contributed by atoms with Crippen molar-refractivity contribution in [1.29, 1.82) is 0 Å². The number of nitrogen functional groups attached to an aromatic ring is 1. The predicted octanol–water partition coefficient (Wildman–Crippen LogP) is 1.15. The molecular weight excluding hydrogens is 718 g/mol. The van der Waals surface area contributed by atoms with Gasteiger partial charge in [0, 0.05) is 29.5 Å². The van der Waals surface area contributed by atoms with Crippen LogP contribution in [0.1, 0.15) is 42.7 Å². The topological polar surface area (TPSA) is 254 Å². The number of likely N-dealkylation sites (tertiary alicyclic amines) is 1. The molecule has 2 saturated heterocycles. The lowest BCUT2D eigenvalue weighted by Gasteiger charge is -2.50. The number of phenolic OH excluding ortho intramolecular Hbond substituents is 2. The number of aromatic hydroxyl groups is 2. The van der Waals surface area contributed by atoms with Crippen molar-refractivity contribution in [1.82, 2.24) is 20.5 Å². The first-order chi connectivity index (χ1) is 23.5. The third-order valence-electron chi connectivity index (χ3n) is 8.65. The molecule has 0 radical (unpaired) electrons. The molecule has 2 aromatic rings. The molecule has 0 aliphatic carbocycles. The quantitative estimate of drug-likeness (QED) is 0.0499. The third kappa shape index (κ3) is 7.30. The lowest BCUT2D eigenvalue weighted by Crippen LogP contribution is -2.71. The van der Waals surface area contributed by atoms with Crippen LogP contribution in [-0.4, -0.2) is 126 Å². The average Bonchev–Trinajstić information content (AvgIpc) is 3.71. The minimum Gasteiger partial charge on any atom is -0.504 e. The van der Waals surface area contributed by atoms with E-state index in [1.807, 2.05) is 0 Å². The monoisotopic (exact) mass is 752 g/mol. The molecule has 0 saturated carbocycles. The van der Waals surface area contributed by atoms with Crippen molar-refractivity contribution in [2.24, 2.45) is 5.16 Å². The van der Waals surface area contributed by atoms with Crippen LogP contribution in [0.3, 0.4) is 0 Å². The van der Waals surface area contributed by atoms with E-state index in [1.54, 1.807) is 0 Å². The van der Waals surface area contributed by atoms with Crippen molar-refractivity contribution in [2.75, 3.05) is 44.2 Å². The lowest BCUT2D eigenvalue weighted by molar-refractivity contribution is -0.911. The highest BCUT2D eigenvalue weighted by Crippen LogP contribution is 2.41. The van der Waals surface area contributed by atoms with Crippen molar-refractivity contribution < 1.29 is 53.7 Å². The fraction of sp³-hybridized carbons (Fsp3) is 0.433. The van der Waals surface area contributed by atoms with E-state index in [-0.39, 0.29) is 39.4 Å². The summed E-state index contributed by atoms with van der Waals surface area (Å²) in [6.45, 7) is 4.89. The Labute approximate surface area is 298 Å². The molecule has 50 heavy (non-hydrogen) atoms. The Morgan fingerprint density at radius 2 is 1.90 bits per heavy atom. The van der Waals surface area contributed by atoms with Gasteiger partial charge in [0.25, 0.3) is 17.7 Å². The van der Waals surface area contributed by atoms with E-state index >= 15 is 0 Å². The minimum atomic E-state index is -1.79. The molecule has 3 amide bonds. The molecule has 268 valence electrons. The number of hydrogen-bond donors (Lipinski definition) is 7. The average molecular weight is 753 g/mol. The summed E-state index contributed by atoms with van der Waals surface area (Å²) in [4.78, 5) is 74.1. The Kier molecular flexibility index (Phi) is 10.5. The fourth-order valence-corrected chi connectivity index (χ4v) is 8.05. The van der Waals surface area contributed by atoms with Gasteiger partial charge in [-0.2, -0.15) is 0 Å². The molecule has 1 aromatic heterocycles. The number of carboxylic acids is 2. The number of fused-ring (bicyclic) bond motifs is 1. The van der Waals surface area contributed by atoms with Gasteiger partial charge in [-0.25, -0.2) is 14.6 Å². The zero-order chi connectivity index (χ0) is 36.5. The molecule has 2 unspecified atom stereocenters. The van der Waals surface area contributed by atoms with Gasteiger partial charge in [-0.3, -0.25) is 19.3 Å².